The standard InChI is InChI=1S/C8H13NO3/c1-12-8(11)5-2-6(4-9)7(10)3-5/h4-7,9-10H,2-3H2,1H3/t5?,6-,7+/m1/s1. The average molecular weight is 171 g/mol. The molecule has 1 rings (SSSR count). The van der Waals surface area contributed by atoms with Crippen LogP contribution in [-0.4, -0.2) is 30.5 Å². The SMILES string of the molecule is COC(=O)C1C[C@H](O)[C@@H](C=N)C1. The Morgan fingerprint density at radius 2 is 2.33 bits per heavy atom. The minimum atomic E-state index is -0.549. The van der Waals surface area contributed by atoms with Gasteiger partial charge in [-0.3, -0.25) is 4.79 Å². The average Bonchev–Trinajstić information content (AvgIpc) is 2.45. The largest absolute Gasteiger partial charge is 0.469 e. The molecule has 1 aliphatic carbocycles. The van der Waals surface area contributed by atoms with Gasteiger partial charge in [-0.25, -0.2) is 0 Å². The van der Waals surface area contributed by atoms with Crippen LogP contribution >= 0.6 is 0 Å². The Morgan fingerprint density at radius 1 is 1.67 bits per heavy atom. The van der Waals surface area contributed by atoms with Gasteiger partial charge in [-0.2, -0.15) is 0 Å². The van der Waals surface area contributed by atoms with Crippen molar-refractivity contribution in [2.75, 3.05) is 7.11 Å². The first kappa shape index (κ1) is 9.19. The zero-order valence-corrected chi connectivity index (χ0v) is 6.99. The minimum Gasteiger partial charge on any atom is -0.469 e. The number of ether oxygens (including phenoxy) is 1. The molecule has 0 aliphatic heterocycles. The van der Waals surface area contributed by atoms with Crippen LogP contribution in [0.5, 0.6) is 0 Å². The van der Waals surface area contributed by atoms with E-state index in [1.807, 2.05) is 0 Å². The third-order valence-corrected chi connectivity index (χ3v) is 2.33. The fraction of sp³-hybridized carbons (Fsp3) is 0.750. The number of aliphatic hydroxyl groups is 1. The molecule has 0 bridgehead atoms. The number of aliphatic hydroxyl groups excluding tert-OH is 1. The molecule has 1 fully saturated rings. The second kappa shape index (κ2) is 3.67. The fourth-order valence-corrected chi connectivity index (χ4v) is 1.59. The van der Waals surface area contributed by atoms with Crippen molar-refractivity contribution < 1.29 is 14.6 Å². The molecule has 0 spiro atoms. The Labute approximate surface area is 71.0 Å². The number of carbonyl (C=O) groups excluding carboxylic acids is 1. The van der Waals surface area contributed by atoms with Crippen LogP contribution in [0, 0.1) is 17.2 Å². The monoisotopic (exact) mass is 171 g/mol. The van der Waals surface area contributed by atoms with E-state index in [0.717, 1.165) is 0 Å². The summed E-state index contributed by atoms with van der Waals surface area (Å²) >= 11 is 0. The molecule has 68 valence electrons. The highest BCUT2D eigenvalue weighted by Gasteiger charge is 2.36. The van der Waals surface area contributed by atoms with Crippen molar-refractivity contribution in [3.8, 4) is 0 Å². The quantitative estimate of drug-likeness (QED) is 0.460. The van der Waals surface area contributed by atoms with Crippen molar-refractivity contribution in [1.29, 1.82) is 5.41 Å². The van der Waals surface area contributed by atoms with E-state index in [0.29, 0.717) is 12.8 Å². The highest BCUT2D eigenvalue weighted by atomic mass is 16.5. The molecule has 3 atom stereocenters. The van der Waals surface area contributed by atoms with Gasteiger partial charge >= 0.3 is 5.97 Å². The summed E-state index contributed by atoms with van der Waals surface area (Å²) in [4.78, 5) is 11.0. The van der Waals surface area contributed by atoms with Crippen molar-refractivity contribution in [2.45, 2.75) is 18.9 Å². The van der Waals surface area contributed by atoms with E-state index in [1.54, 1.807) is 0 Å². The van der Waals surface area contributed by atoms with Gasteiger partial charge in [0.05, 0.1) is 19.1 Å². The smallest absolute Gasteiger partial charge is 0.308 e. The van der Waals surface area contributed by atoms with E-state index in [4.69, 9.17) is 5.41 Å². The first-order chi connectivity index (χ1) is 5.69. The lowest BCUT2D eigenvalue weighted by molar-refractivity contribution is -0.145. The summed E-state index contributed by atoms with van der Waals surface area (Å²) < 4.78 is 4.55. The van der Waals surface area contributed by atoms with Gasteiger partial charge in [0.2, 0.25) is 0 Å². The van der Waals surface area contributed by atoms with Crippen LogP contribution in [0.2, 0.25) is 0 Å². The molecule has 0 radical (unpaired) electrons. The second-order valence-electron chi connectivity index (χ2n) is 3.09. The Balaban J connectivity index is 2.53. The molecule has 0 aromatic carbocycles. The summed E-state index contributed by atoms with van der Waals surface area (Å²) in [5, 5.41) is 16.3. The molecule has 0 aromatic rings. The number of nitrogens with one attached hydrogen (secondary N) is 1. The third-order valence-electron chi connectivity index (χ3n) is 2.33. The molecule has 0 amide bonds. The van der Waals surface area contributed by atoms with Gasteiger partial charge in [0, 0.05) is 12.1 Å². The summed E-state index contributed by atoms with van der Waals surface area (Å²) in [7, 11) is 1.34. The molecule has 12 heavy (non-hydrogen) atoms. The fourth-order valence-electron chi connectivity index (χ4n) is 1.59. The molecule has 1 saturated carbocycles. The summed E-state index contributed by atoms with van der Waals surface area (Å²) in [6.07, 6.45) is 1.61. The third kappa shape index (κ3) is 1.64. The van der Waals surface area contributed by atoms with Crippen LogP contribution in [0.3, 0.4) is 0 Å². The maximum atomic E-state index is 11.0. The number of hydrogen-bond acceptors (Lipinski definition) is 4. The Kier molecular flexibility index (Phi) is 2.81. The van der Waals surface area contributed by atoms with Crippen molar-refractivity contribution in [3.05, 3.63) is 0 Å². The maximum Gasteiger partial charge on any atom is 0.308 e. The van der Waals surface area contributed by atoms with Gasteiger partial charge in [-0.05, 0) is 12.8 Å². The summed E-state index contributed by atoms with van der Waals surface area (Å²) in [5.74, 6) is -0.677. The van der Waals surface area contributed by atoms with Gasteiger partial charge < -0.3 is 15.3 Å². The molecular weight excluding hydrogens is 158 g/mol. The lowest BCUT2D eigenvalue weighted by Crippen LogP contribution is -2.13. The number of rotatable bonds is 2. The Bertz CT molecular complexity index is 193. The molecule has 1 unspecified atom stereocenters. The maximum absolute atomic E-state index is 11.0. The summed E-state index contributed by atoms with van der Waals surface area (Å²) in [5.41, 5.74) is 0. The predicted molar refractivity (Wildman–Crippen MR) is 43.0 cm³/mol. The summed E-state index contributed by atoms with van der Waals surface area (Å²) in [6, 6.07) is 0. The lowest BCUT2D eigenvalue weighted by atomic mass is 10.1. The van der Waals surface area contributed by atoms with E-state index in [1.165, 1.54) is 13.3 Å². The van der Waals surface area contributed by atoms with Gasteiger partial charge in [-0.15, -0.1) is 0 Å². The van der Waals surface area contributed by atoms with Gasteiger partial charge in [0.1, 0.15) is 0 Å². The van der Waals surface area contributed by atoms with Crippen LogP contribution in [0.1, 0.15) is 12.8 Å². The zero-order valence-electron chi connectivity index (χ0n) is 6.99. The van der Waals surface area contributed by atoms with Crippen molar-refractivity contribution >= 4 is 12.2 Å². The number of esters is 1. The number of carbonyl (C=O) groups is 1. The second-order valence-corrected chi connectivity index (χ2v) is 3.09. The van der Waals surface area contributed by atoms with Crippen molar-refractivity contribution in [3.63, 3.8) is 0 Å². The number of hydrogen-bond donors (Lipinski definition) is 2. The predicted octanol–water partition coefficient (Wildman–Crippen LogP) is 0.196. The van der Waals surface area contributed by atoms with E-state index < -0.39 is 6.10 Å². The lowest BCUT2D eigenvalue weighted by Gasteiger charge is -2.04. The molecule has 2 N–H and O–H groups in total. The van der Waals surface area contributed by atoms with Crippen LogP contribution in [0.4, 0.5) is 0 Å². The molecule has 1 aliphatic rings. The highest BCUT2D eigenvalue weighted by molar-refractivity contribution is 5.74. The van der Waals surface area contributed by atoms with E-state index in [2.05, 4.69) is 4.74 Å². The van der Waals surface area contributed by atoms with Gasteiger partial charge in [-0.1, -0.05) is 0 Å². The van der Waals surface area contributed by atoms with Gasteiger partial charge in [0.15, 0.2) is 0 Å². The molecule has 4 nitrogen and oxygen atoms in total. The summed E-state index contributed by atoms with van der Waals surface area (Å²) in [6.45, 7) is 0. The first-order valence-corrected chi connectivity index (χ1v) is 3.95. The van der Waals surface area contributed by atoms with Crippen LogP contribution in [0.25, 0.3) is 0 Å². The topological polar surface area (TPSA) is 70.4 Å². The number of methoxy groups -OCH3 is 1. The van der Waals surface area contributed by atoms with E-state index in [-0.39, 0.29) is 17.8 Å². The molecule has 0 saturated heterocycles. The van der Waals surface area contributed by atoms with Crippen LogP contribution < -0.4 is 0 Å². The Morgan fingerprint density at radius 3 is 2.75 bits per heavy atom. The van der Waals surface area contributed by atoms with E-state index in [9.17, 15) is 9.90 Å². The molecular formula is C8H13NO3. The van der Waals surface area contributed by atoms with Crippen molar-refractivity contribution in [1.82, 2.24) is 0 Å². The highest BCUT2D eigenvalue weighted by Crippen LogP contribution is 2.30. The van der Waals surface area contributed by atoms with Crippen molar-refractivity contribution in [2.24, 2.45) is 11.8 Å². The molecule has 0 heterocycles. The molecule has 4 heteroatoms. The Hall–Kier alpha value is -0.900. The first-order valence-electron chi connectivity index (χ1n) is 3.95. The van der Waals surface area contributed by atoms with Gasteiger partial charge in [0.25, 0.3) is 0 Å². The molecule has 0 aromatic heterocycles. The normalized spacial score (nSPS) is 34.7. The van der Waals surface area contributed by atoms with Crippen LogP contribution in [0.15, 0.2) is 0 Å². The van der Waals surface area contributed by atoms with E-state index >= 15 is 0 Å². The minimum absolute atomic E-state index is 0.172. The zero-order chi connectivity index (χ0) is 9.14. The van der Waals surface area contributed by atoms with Crippen LogP contribution in [-0.2, 0) is 9.53 Å².